The van der Waals surface area contributed by atoms with Gasteiger partial charge in [0.2, 0.25) is 5.91 Å². The maximum Gasteiger partial charge on any atom is 0.318 e. The van der Waals surface area contributed by atoms with Gasteiger partial charge in [0.15, 0.2) is 9.84 Å². The van der Waals surface area contributed by atoms with E-state index in [0.29, 0.717) is 0 Å². The van der Waals surface area contributed by atoms with E-state index >= 15 is 0 Å². The highest BCUT2D eigenvalue weighted by Gasteiger charge is 2.16. The summed E-state index contributed by atoms with van der Waals surface area (Å²) in [6.07, 6.45) is 1.14. The summed E-state index contributed by atoms with van der Waals surface area (Å²) < 4.78 is 22.8. The zero-order valence-corrected chi connectivity index (χ0v) is 13.0. The Morgan fingerprint density at radius 1 is 1.29 bits per heavy atom. The van der Waals surface area contributed by atoms with Crippen LogP contribution < -0.4 is 11.1 Å². The molecule has 3 amide bonds. The maximum absolute atomic E-state index is 11.5. The van der Waals surface area contributed by atoms with Gasteiger partial charge < -0.3 is 5.73 Å². The van der Waals surface area contributed by atoms with Crippen LogP contribution in [-0.4, -0.2) is 45.1 Å². The van der Waals surface area contributed by atoms with E-state index in [1.165, 1.54) is 12.1 Å². The van der Waals surface area contributed by atoms with E-state index in [1.807, 2.05) is 12.2 Å². The summed E-state index contributed by atoms with van der Waals surface area (Å²) in [4.78, 5) is 24.0. The number of urea groups is 1. The first kappa shape index (κ1) is 17.1. The summed E-state index contributed by atoms with van der Waals surface area (Å²) in [6, 6.07) is 5.43. The highest BCUT2D eigenvalue weighted by atomic mass is 32.2. The van der Waals surface area contributed by atoms with Crippen molar-refractivity contribution < 1.29 is 18.0 Å². The maximum atomic E-state index is 11.5. The van der Waals surface area contributed by atoms with E-state index in [-0.39, 0.29) is 17.5 Å². The molecule has 21 heavy (non-hydrogen) atoms. The van der Waals surface area contributed by atoms with Crippen LogP contribution in [0, 0.1) is 0 Å². The number of nitrogens with two attached hydrogens (primary N) is 1. The van der Waals surface area contributed by atoms with Gasteiger partial charge in [0.1, 0.15) is 0 Å². The Bertz CT molecular complexity index is 625. The molecule has 0 saturated carbocycles. The van der Waals surface area contributed by atoms with Crippen molar-refractivity contribution in [1.82, 2.24) is 10.2 Å². The SMILES string of the molecule is C[C@H](c1ccc(S(C)(=O)=O)cc1)N(C)CC(=O)NC(N)=O. The molecule has 0 heterocycles. The van der Waals surface area contributed by atoms with Gasteiger partial charge in [-0.25, -0.2) is 13.2 Å². The predicted molar refractivity (Wildman–Crippen MR) is 78.3 cm³/mol. The summed E-state index contributed by atoms with van der Waals surface area (Å²) in [7, 11) is -1.51. The number of rotatable bonds is 5. The third-order valence-electron chi connectivity index (χ3n) is 3.11. The van der Waals surface area contributed by atoms with Crippen LogP contribution in [0.4, 0.5) is 4.79 Å². The molecule has 7 nitrogen and oxygen atoms in total. The second-order valence-corrected chi connectivity index (χ2v) is 6.86. The molecule has 0 aliphatic heterocycles. The zero-order valence-electron chi connectivity index (χ0n) is 12.2. The number of carbonyl (C=O) groups is 2. The second kappa shape index (κ2) is 6.68. The van der Waals surface area contributed by atoms with Crippen molar-refractivity contribution in [3.05, 3.63) is 29.8 Å². The average molecular weight is 313 g/mol. The fourth-order valence-corrected chi connectivity index (χ4v) is 2.42. The minimum atomic E-state index is -3.23. The van der Waals surface area contributed by atoms with Crippen molar-refractivity contribution in [3.63, 3.8) is 0 Å². The monoisotopic (exact) mass is 313 g/mol. The third kappa shape index (κ3) is 5.16. The lowest BCUT2D eigenvalue weighted by molar-refractivity contribution is -0.121. The largest absolute Gasteiger partial charge is 0.351 e. The van der Waals surface area contributed by atoms with E-state index in [2.05, 4.69) is 0 Å². The summed E-state index contributed by atoms with van der Waals surface area (Å²) >= 11 is 0. The van der Waals surface area contributed by atoms with E-state index < -0.39 is 21.8 Å². The molecule has 0 saturated heterocycles. The number of benzene rings is 1. The Morgan fingerprint density at radius 3 is 2.24 bits per heavy atom. The molecule has 1 aromatic rings. The van der Waals surface area contributed by atoms with Gasteiger partial charge in [-0.05, 0) is 31.7 Å². The lowest BCUT2D eigenvalue weighted by atomic mass is 10.1. The van der Waals surface area contributed by atoms with Crippen LogP contribution in [0.15, 0.2) is 29.2 Å². The molecule has 0 radical (unpaired) electrons. The quantitative estimate of drug-likeness (QED) is 0.811. The number of hydrogen-bond donors (Lipinski definition) is 2. The molecular weight excluding hydrogens is 294 g/mol. The van der Waals surface area contributed by atoms with Crippen LogP contribution in [0.25, 0.3) is 0 Å². The summed E-state index contributed by atoms with van der Waals surface area (Å²) in [5.41, 5.74) is 5.73. The molecule has 3 N–H and O–H groups in total. The lowest BCUT2D eigenvalue weighted by Crippen LogP contribution is -2.41. The van der Waals surface area contributed by atoms with Gasteiger partial charge in [0.05, 0.1) is 11.4 Å². The molecule has 8 heteroatoms. The summed E-state index contributed by atoms with van der Waals surface area (Å²) in [5, 5.41) is 1.99. The molecule has 1 aromatic carbocycles. The molecule has 0 aliphatic carbocycles. The van der Waals surface area contributed by atoms with Crippen molar-refractivity contribution in [1.29, 1.82) is 0 Å². The number of nitrogens with one attached hydrogen (secondary N) is 1. The second-order valence-electron chi connectivity index (χ2n) is 4.84. The highest BCUT2D eigenvalue weighted by Crippen LogP contribution is 2.20. The van der Waals surface area contributed by atoms with Crippen LogP contribution >= 0.6 is 0 Å². The molecular formula is C13H19N3O4S. The number of amides is 3. The molecule has 0 bridgehead atoms. The molecule has 0 aromatic heterocycles. The fraction of sp³-hybridized carbons (Fsp3) is 0.385. The zero-order chi connectivity index (χ0) is 16.2. The van der Waals surface area contributed by atoms with Crippen LogP contribution in [-0.2, 0) is 14.6 Å². The van der Waals surface area contributed by atoms with Crippen molar-refractivity contribution in [2.45, 2.75) is 17.9 Å². The van der Waals surface area contributed by atoms with Crippen LogP contribution in [0.5, 0.6) is 0 Å². The summed E-state index contributed by atoms with van der Waals surface area (Å²) in [5.74, 6) is -0.496. The van der Waals surface area contributed by atoms with E-state index in [9.17, 15) is 18.0 Å². The number of sulfone groups is 1. The van der Waals surface area contributed by atoms with E-state index in [1.54, 1.807) is 24.1 Å². The minimum Gasteiger partial charge on any atom is -0.351 e. The normalized spacial score (nSPS) is 13.0. The minimum absolute atomic E-state index is 0.00205. The van der Waals surface area contributed by atoms with E-state index in [0.717, 1.165) is 11.8 Å². The van der Waals surface area contributed by atoms with Crippen molar-refractivity contribution >= 4 is 21.8 Å². The molecule has 0 aliphatic rings. The first-order valence-electron chi connectivity index (χ1n) is 6.21. The molecule has 0 spiro atoms. The molecule has 116 valence electrons. The Labute approximate surface area is 124 Å². The fourth-order valence-electron chi connectivity index (χ4n) is 1.79. The van der Waals surface area contributed by atoms with Crippen molar-refractivity contribution in [2.75, 3.05) is 19.8 Å². The van der Waals surface area contributed by atoms with Gasteiger partial charge >= 0.3 is 6.03 Å². The Balaban J connectivity index is 2.76. The van der Waals surface area contributed by atoms with Crippen molar-refractivity contribution in [3.8, 4) is 0 Å². The number of hydrogen-bond acceptors (Lipinski definition) is 5. The topological polar surface area (TPSA) is 110 Å². The molecule has 0 unspecified atom stereocenters. The molecule has 1 atom stereocenters. The lowest BCUT2D eigenvalue weighted by Gasteiger charge is -2.24. The van der Waals surface area contributed by atoms with Crippen LogP contribution in [0.3, 0.4) is 0 Å². The molecule has 0 fully saturated rings. The number of nitrogens with zero attached hydrogens (tertiary/aromatic N) is 1. The number of primary amides is 1. The average Bonchev–Trinajstić information content (AvgIpc) is 2.35. The highest BCUT2D eigenvalue weighted by molar-refractivity contribution is 7.90. The number of likely N-dealkylation sites (N-methyl/N-ethyl adjacent to an activating group) is 1. The summed E-state index contributed by atoms with van der Waals surface area (Å²) in [6.45, 7) is 1.87. The van der Waals surface area contributed by atoms with Crippen LogP contribution in [0.1, 0.15) is 18.5 Å². The number of imide groups is 1. The van der Waals surface area contributed by atoms with Gasteiger partial charge in [-0.15, -0.1) is 0 Å². The van der Waals surface area contributed by atoms with Gasteiger partial charge in [-0.2, -0.15) is 0 Å². The Hall–Kier alpha value is -1.93. The third-order valence-corrected chi connectivity index (χ3v) is 4.24. The Morgan fingerprint density at radius 2 is 1.81 bits per heavy atom. The smallest absolute Gasteiger partial charge is 0.318 e. The first-order valence-corrected chi connectivity index (χ1v) is 8.10. The predicted octanol–water partition coefficient (Wildman–Crippen LogP) is 0.278. The Kier molecular flexibility index (Phi) is 5.45. The standard InChI is InChI=1S/C13H19N3O4S/c1-9(16(2)8-12(17)15-13(14)18)10-4-6-11(7-5-10)21(3,19)20/h4-7,9H,8H2,1-3H3,(H3,14,15,17,18)/t9-/m1/s1. The van der Waals surface area contributed by atoms with Crippen molar-refractivity contribution in [2.24, 2.45) is 5.73 Å². The van der Waals surface area contributed by atoms with Gasteiger partial charge in [-0.1, -0.05) is 12.1 Å². The first-order chi connectivity index (χ1) is 9.61. The van der Waals surface area contributed by atoms with Gasteiger partial charge in [0, 0.05) is 12.3 Å². The van der Waals surface area contributed by atoms with Gasteiger partial charge in [-0.3, -0.25) is 15.0 Å². The molecule has 1 rings (SSSR count). The number of carbonyl (C=O) groups excluding carboxylic acids is 2. The van der Waals surface area contributed by atoms with E-state index in [4.69, 9.17) is 5.73 Å². The van der Waals surface area contributed by atoms with Gasteiger partial charge in [0.25, 0.3) is 0 Å². The van der Waals surface area contributed by atoms with Crippen LogP contribution in [0.2, 0.25) is 0 Å².